The number of carbonyl (C=O) groups is 2. The second-order valence-electron chi connectivity index (χ2n) is 8.21. The monoisotopic (exact) mass is 530 g/mol. The lowest BCUT2D eigenvalue weighted by molar-refractivity contribution is 0.0996. The first-order chi connectivity index (χ1) is 16.7. The Bertz CT molecular complexity index is 1050. The molecule has 3 amide bonds. The van der Waals surface area contributed by atoms with Crippen molar-refractivity contribution in [2.45, 2.75) is 20.0 Å². The van der Waals surface area contributed by atoms with E-state index in [9.17, 15) is 18.4 Å². The standard InChI is InChI=1S/C22H29ClF2N6O3S/c1-3-31(6-4-5-30-9-7-29(2)8-10-30)22(33)27-21-18(19(26)32)20(28-35-21)34-13-14-11-17(25)15(23)12-16(14)24/h11-12H,3-10,13H2,1-2H3,(H2,26,32)(H,27,33). The molecule has 0 aliphatic carbocycles. The maximum absolute atomic E-state index is 14.0. The Hall–Kier alpha value is -2.54. The molecule has 13 heteroatoms. The maximum Gasteiger partial charge on any atom is 0.322 e. The number of urea groups is 1. The van der Waals surface area contributed by atoms with Gasteiger partial charge in [-0.1, -0.05) is 11.6 Å². The predicted octanol–water partition coefficient (Wildman–Crippen LogP) is 3.24. The molecule has 0 spiro atoms. The number of piperazine rings is 1. The van der Waals surface area contributed by atoms with Crippen molar-refractivity contribution in [3.05, 3.63) is 39.9 Å². The van der Waals surface area contributed by atoms with E-state index in [1.54, 1.807) is 4.90 Å². The Labute approximate surface area is 211 Å². The Morgan fingerprint density at radius 3 is 2.63 bits per heavy atom. The molecule has 1 aromatic carbocycles. The molecule has 0 radical (unpaired) electrons. The Kier molecular flexibility index (Phi) is 9.61. The van der Waals surface area contributed by atoms with Crippen molar-refractivity contribution in [3.63, 3.8) is 0 Å². The van der Waals surface area contributed by atoms with Crippen LogP contribution in [0.5, 0.6) is 5.88 Å². The number of hydrogen-bond acceptors (Lipinski definition) is 7. The highest BCUT2D eigenvalue weighted by atomic mass is 35.5. The summed E-state index contributed by atoms with van der Waals surface area (Å²) in [6.45, 7) is 7.45. The lowest BCUT2D eigenvalue weighted by Gasteiger charge is -2.32. The molecule has 0 atom stereocenters. The summed E-state index contributed by atoms with van der Waals surface area (Å²) in [6.07, 6.45) is 0.813. The van der Waals surface area contributed by atoms with Crippen LogP contribution in [0.1, 0.15) is 29.3 Å². The number of benzene rings is 1. The molecule has 2 aromatic rings. The van der Waals surface area contributed by atoms with E-state index >= 15 is 0 Å². The number of rotatable bonds is 10. The number of nitrogens with one attached hydrogen (secondary N) is 1. The summed E-state index contributed by atoms with van der Waals surface area (Å²) in [5, 5.41) is 2.44. The minimum atomic E-state index is -0.870. The molecule has 9 nitrogen and oxygen atoms in total. The molecule has 1 aliphatic rings. The first-order valence-electron chi connectivity index (χ1n) is 11.2. The normalized spacial score (nSPS) is 14.7. The third-order valence-corrected chi connectivity index (χ3v) is 6.78. The van der Waals surface area contributed by atoms with Crippen LogP contribution in [0.4, 0.5) is 18.6 Å². The van der Waals surface area contributed by atoms with Crippen LogP contribution in [-0.4, -0.2) is 83.9 Å². The van der Waals surface area contributed by atoms with E-state index in [1.807, 2.05) is 6.92 Å². The Morgan fingerprint density at radius 2 is 1.97 bits per heavy atom. The Balaban J connectivity index is 1.60. The van der Waals surface area contributed by atoms with Gasteiger partial charge in [0.1, 0.15) is 28.8 Å². The molecule has 192 valence electrons. The maximum atomic E-state index is 14.0. The summed E-state index contributed by atoms with van der Waals surface area (Å²) in [5.41, 5.74) is 5.24. The van der Waals surface area contributed by atoms with Gasteiger partial charge in [-0.2, -0.15) is 4.37 Å². The van der Waals surface area contributed by atoms with Gasteiger partial charge in [-0.05, 0) is 50.6 Å². The topological polar surface area (TPSA) is 104 Å². The van der Waals surface area contributed by atoms with Crippen LogP contribution < -0.4 is 15.8 Å². The molecule has 2 heterocycles. The van der Waals surface area contributed by atoms with Crippen LogP contribution in [-0.2, 0) is 6.61 Å². The zero-order chi connectivity index (χ0) is 25.5. The fourth-order valence-corrected chi connectivity index (χ4v) is 4.51. The second-order valence-corrected chi connectivity index (χ2v) is 9.39. The van der Waals surface area contributed by atoms with E-state index < -0.39 is 30.2 Å². The molecule has 3 rings (SSSR count). The number of primary amides is 1. The minimum Gasteiger partial charge on any atom is -0.471 e. The molecule has 35 heavy (non-hydrogen) atoms. The van der Waals surface area contributed by atoms with Crippen LogP contribution in [0.3, 0.4) is 0 Å². The highest BCUT2D eigenvalue weighted by Gasteiger charge is 2.24. The van der Waals surface area contributed by atoms with Crippen molar-refractivity contribution in [1.82, 2.24) is 19.1 Å². The van der Waals surface area contributed by atoms with Crippen LogP contribution in [0, 0.1) is 11.6 Å². The zero-order valence-corrected chi connectivity index (χ0v) is 21.2. The van der Waals surface area contributed by atoms with Gasteiger partial charge in [0.25, 0.3) is 5.91 Å². The van der Waals surface area contributed by atoms with Gasteiger partial charge in [0.05, 0.1) is 5.02 Å². The SMILES string of the molecule is CCN(CCCN1CCN(C)CC1)C(=O)Nc1snc(OCc2cc(F)c(Cl)cc2F)c1C(N)=O. The molecule has 1 fully saturated rings. The van der Waals surface area contributed by atoms with Crippen molar-refractivity contribution in [1.29, 1.82) is 0 Å². The molecule has 1 saturated heterocycles. The van der Waals surface area contributed by atoms with Gasteiger partial charge in [-0.3, -0.25) is 10.1 Å². The third kappa shape index (κ3) is 7.23. The minimum absolute atomic E-state index is 0.113. The van der Waals surface area contributed by atoms with Crippen molar-refractivity contribution in [3.8, 4) is 5.88 Å². The Morgan fingerprint density at radius 1 is 1.26 bits per heavy atom. The largest absolute Gasteiger partial charge is 0.471 e. The first kappa shape index (κ1) is 27.1. The summed E-state index contributed by atoms with van der Waals surface area (Å²) in [7, 11) is 2.10. The summed E-state index contributed by atoms with van der Waals surface area (Å²) < 4.78 is 37.1. The highest BCUT2D eigenvalue weighted by molar-refractivity contribution is 7.11. The number of halogens is 3. The molecular formula is C22H29ClF2N6O3S. The van der Waals surface area contributed by atoms with E-state index in [1.165, 1.54) is 0 Å². The molecule has 1 aliphatic heterocycles. The molecule has 1 aromatic heterocycles. The molecule has 0 unspecified atom stereocenters. The zero-order valence-electron chi connectivity index (χ0n) is 19.7. The number of nitrogens with zero attached hydrogens (tertiary/aromatic N) is 4. The van der Waals surface area contributed by atoms with E-state index in [0.717, 1.165) is 62.8 Å². The quantitative estimate of drug-likeness (QED) is 0.457. The van der Waals surface area contributed by atoms with Gasteiger partial charge >= 0.3 is 6.03 Å². The first-order valence-corrected chi connectivity index (χ1v) is 12.4. The van der Waals surface area contributed by atoms with Crippen molar-refractivity contribution >= 4 is 40.1 Å². The van der Waals surface area contributed by atoms with Crippen molar-refractivity contribution in [2.24, 2.45) is 5.73 Å². The van der Waals surface area contributed by atoms with E-state index in [-0.39, 0.29) is 27.0 Å². The van der Waals surface area contributed by atoms with Crippen molar-refractivity contribution in [2.75, 3.05) is 58.2 Å². The van der Waals surface area contributed by atoms with Crippen LogP contribution in [0.2, 0.25) is 5.02 Å². The number of amides is 3. The summed E-state index contributed by atoms with van der Waals surface area (Å²) in [5.74, 6) is -2.62. The van der Waals surface area contributed by atoms with Crippen LogP contribution >= 0.6 is 23.1 Å². The van der Waals surface area contributed by atoms with Gasteiger partial charge in [-0.25, -0.2) is 13.6 Å². The number of anilines is 1. The summed E-state index contributed by atoms with van der Waals surface area (Å²) in [6, 6.07) is 1.34. The lowest BCUT2D eigenvalue weighted by Crippen LogP contribution is -2.45. The van der Waals surface area contributed by atoms with Crippen LogP contribution in [0.25, 0.3) is 0 Å². The van der Waals surface area contributed by atoms with E-state index in [4.69, 9.17) is 22.1 Å². The smallest absolute Gasteiger partial charge is 0.322 e. The van der Waals surface area contributed by atoms with E-state index in [0.29, 0.717) is 13.1 Å². The van der Waals surface area contributed by atoms with Crippen molar-refractivity contribution < 1.29 is 23.1 Å². The number of likely N-dealkylation sites (N-methyl/N-ethyl adjacent to an activating group) is 1. The molecule has 0 bridgehead atoms. The van der Waals surface area contributed by atoms with E-state index in [2.05, 4.69) is 26.5 Å². The molecule has 3 N–H and O–H groups in total. The summed E-state index contributed by atoms with van der Waals surface area (Å²) in [4.78, 5) is 31.2. The summed E-state index contributed by atoms with van der Waals surface area (Å²) >= 11 is 6.38. The average molecular weight is 531 g/mol. The number of nitrogens with two attached hydrogens (primary N) is 1. The third-order valence-electron chi connectivity index (χ3n) is 5.75. The second kappa shape index (κ2) is 12.4. The number of ether oxygens (including phenoxy) is 1. The fourth-order valence-electron chi connectivity index (χ4n) is 3.63. The van der Waals surface area contributed by atoms with Gasteiger partial charge in [0, 0.05) is 44.8 Å². The van der Waals surface area contributed by atoms with Gasteiger partial charge < -0.3 is 25.2 Å². The molecule has 0 saturated carbocycles. The fraction of sp³-hybridized carbons (Fsp3) is 0.500. The van der Waals surface area contributed by atoms with Crippen LogP contribution in [0.15, 0.2) is 12.1 Å². The lowest BCUT2D eigenvalue weighted by atomic mass is 10.2. The number of hydrogen-bond donors (Lipinski definition) is 2. The average Bonchev–Trinajstić information content (AvgIpc) is 3.22. The molecular weight excluding hydrogens is 502 g/mol. The van der Waals surface area contributed by atoms with Gasteiger partial charge in [0.2, 0.25) is 5.88 Å². The number of carbonyl (C=O) groups excluding carboxylic acids is 2. The predicted molar refractivity (Wildman–Crippen MR) is 131 cm³/mol. The highest BCUT2D eigenvalue weighted by Crippen LogP contribution is 2.31. The van der Waals surface area contributed by atoms with Gasteiger partial charge in [-0.15, -0.1) is 0 Å². The number of aromatic nitrogens is 1. The van der Waals surface area contributed by atoms with Gasteiger partial charge in [0.15, 0.2) is 0 Å².